The third kappa shape index (κ3) is 3.38. The molecule has 24 heavy (non-hydrogen) atoms. The van der Waals surface area contributed by atoms with Gasteiger partial charge in [0, 0.05) is 11.6 Å². The molecule has 0 fully saturated rings. The zero-order valence-electron chi connectivity index (χ0n) is 12.9. The van der Waals surface area contributed by atoms with Crippen LogP contribution in [0.5, 0.6) is 0 Å². The minimum Gasteiger partial charge on any atom is -0.326 e. The van der Waals surface area contributed by atoms with Gasteiger partial charge in [0.05, 0.1) is 16.9 Å². The zero-order chi connectivity index (χ0) is 17.2. The molecule has 0 unspecified atom stereocenters. The lowest BCUT2D eigenvalue weighted by atomic mass is 10.1. The van der Waals surface area contributed by atoms with Crippen LogP contribution < -0.4 is 10.6 Å². The van der Waals surface area contributed by atoms with Gasteiger partial charge >= 0.3 is 6.03 Å². The van der Waals surface area contributed by atoms with E-state index in [4.69, 9.17) is 0 Å². The van der Waals surface area contributed by atoms with Crippen molar-refractivity contribution in [2.45, 2.75) is 19.4 Å². The van der Waals surface area contributed by atoms with E-state index in [9.17, 15) is 9.18 Å². The van der Waals surface area contributed by atoms with Crippen molar-refractivity contribution in [3.63, 3.8) is 0 Å². The number of carbonyl (C=O) groups is 1. The summed E-state index contributed by atoms with van der Waals surface area (Å²) < 4.78 is 15.3. The van der Waals surface area contributed by atoms with E-state index in [2.05, 4.69) is 31.1 Å². The first-order chi connectivity index (χ1) is 11.5. The lowest BCUT2D eigenvalue weighted by Crippen LogP contribution is -2.43. The first kappa shape index (κ1) is 16.0. The number of amides is 2. The molecule has 124 valence electrons. The van der Waals surface area contributed by atoms with Crippen LogP contribution in [0.1, 0.15) is 18.9 Å². The lowest BCUT2D eigenvalue weighted by molar-refractivity contribution is 0.241. The van der Waals surface area contributed by atoms with Gasteiger partial charge in [0.15, 0.2) is 0 Å². The van der Waals surface area contributed by atoms with Crippen LogP contribution in [0, 0.1) is 5.82 Å². The first-order valence-corrected chi connectivity index (χ1v) is 7.86. The summed E-state index contributed by atoms with van der Waals surface area (Å²) in [5.74, 6) is -0.561. The molecule has 0 aliphatic heterocycles. The Kier molecular flexibility index (Phi) is 4.21. The van der Waals surface area contributed by atoms with E-state index in [1.807, 2.05) is 19.2 Å². The highest BCUT2D eigenvalue weighted by Crippen LogP contribution is 2.23. The number of aromatic nitrogens is 5. The van der Waals surface area contributed by atoms with E-state index in [1.165, 1.54) is 40.5 Å². The molecular formula is C14H14FN7OS. The molecule has 0 spiro atoms. The van der Waals surface area contributed by atoms with Gasteiger partial charge in [-0.05, 0) is 42.5 Å². The Labute approximate surface area is 140 Å². The Bertz CT molecular complexity index is 833. The van der Waals surface area contributed by atoms with Crippen LogP contribution >= 0.6 is 11.3 Å². The highest BCUT2D eigenvalue weighted by Gasteiger charge is 2.25. The maximum atomic E-state index is 14.0. The number of nitrogens with one attached hydrogen (secondary N) is 2. The molecule has 0 aliphatic carbocycles. The number of rotatable bonds is 4. The number of hydrogen-bond donors (Lipinski definition) is 2. The number of anilines is 1. The Hall–Kier alpha value is -2.88. The quantitative estimate of drug-likeness (QED) is 0.755. The first-order valence-electron chi connectivity index (χ1n) is 6.98. The van der Waals surface area contributed by atoms with E-state index in [1.54, 1.807) is 6.20 Å². The molecule has 0 atom stereocenters. The molecule has 2 N–H and O–H groups in total. The number of carbonyl (C=O) groups excluding carboxylic acids is 1. The van der Waals surface area contributed by atoms with Gasteiger partial charge in [0.25, 0.3) is 0 Å². The molecule has 0 bridgehead atoms. The predicted molar refractivity (Wildman–Crippen MR) is 86.4 cm³/mol. The van der Waals surface area contributed by atoms with Gasteiger partial charge < -0.3 is 10.6 Å². The van der Waals surface area contributed by atoms with Crippen LogP contribution in [0.15, 0.2) is 36.1 Å². The van der Waals surface area contributed by atoms with Crippen LogP contribution in [0.25, 0.3) is 5.69 Å². The van der Waals surface area contributed by atoms with Crippen LogP contribution in [0.2, 0.25) is 0 Å². The summed E-state index contributed by atoms with van der Waals surface area (Å²) in [6.45, 7) is 3.64. The van der Waals surface area contributed by atoms with Crippen molar-refractivity contribution in [2.75, 3.05) is 5.32 Å². The topological polar surface area (TPSA) is 97.6 Å². The van der Waals surface area contributed by atoms with Gasteiger partial charge in [-0.3, -0.25) is 0 Å². The Morgan fingerprint density at radius 2 is 2.21 bits per heavy atom. The average molecular weight is 347 g/mol. The van der Waals surface area contributed by atoms with Crippen molar-refractivity contribution in [2.24, 2.45) is 0 Å². The van der Waals surface area contributed by atoms with E-state index in [-0.39, 0.29) is 5.69 Å². The van der Waals surface area contributed by atoms with Gasteiger partial charge in [0.2, 0.25) is 0 Å². The summed E-state index contributed by atoms with van der Waals surface area (Å²) >= 11 is 1.43. The number of halogens is 1. The van der Waals surface area contributed by atoms with E-state index >= 15 is 0 Å². The molecule has 0 radical (unpaired) electrons. The third-order valence-electron chi connectivity index (χ3n) is 3.20. The third-order valence-corrected chi connectivity index (χ3v) is 4.30. The molecule has 2 amide bonds. The molecule has 8 nitrogen and oxygen atoms in total. The summed E-state index contributed by atoms with van der Waals surface area (Å²) in [6.07, 6.45) is 3.04. The second-order valence-corrected chi connectivity index (χ2v) is 6.35. The van der Waals surface area contributed by atoms with E-state index < -0.39 is 17.4 Å². The highest BCUT2D eigenvalue weighted by molar-refractivity contribution is 7.09. The van der Waals surface area contributed by atoms with Crippen molar-refractivity contribution in [1.82, 2.24) is 30.5 Å². The average Bonchev–Trinajstić information content (AvgIpc) is 3.22. The highest BCUT2D eigenvalue weighted by atomic mass is 32.1. The fourth-order valence-electron chi connectivity index (χ4n) is 2.05. The van der Waals surface area contributed by atoms with Gasteiger partial charge in [-0.15, -0.1) is 16.4 Å². The number of urea groups is 1. The Morgan fingerprint density at radius 3 is 2.88 bits per heavy atom. The summed E-state index contributed by atoms with van der Waals surface area (Å²) in [4.78, 5) is 16.4. The maximum absolute atomic E-state index is 14.0. The van der Waals surface area contributed by atoms with Crippen LogP contribution in [0.3, 0.4) is 0 Å². The number of nitrogens with zero attached hydrogens (tertiary/aromatic N) is 5. The smallest absolute Gasteiger partial charge is 0.320 e. The molecule has 2 aromatic heterocycles. The van der Waals surface area contributed by atoms with Gasteiger partial charge in [0.1, 0.15) is 17.2 Å². The fourth-order valence-corrected chi connectivity index (χ4v) is 2.77. The van der Waals surface area contributed by atoms with Crippen LogP contribution in [-0.2, 0) is 5.54 Å². The van der Waals surface area contributed by atoms with Gasteiger partial charge in [-0.25, -0.2) is 18.9 Å². The number of hydrogen-bond acceptors (Lipinski definition) is 6. The van der Waals surface area contributed by atoms with Crippen molar-refractivity contribution in [3.05, 3.63) is 46.9 Å². The minimum atomic E-state index is -0.678. The van der Waals surface area contributed by atoms with Crippen molar-refractivity contribution in [3.8, 4) is 5.69 Å². The standard InChI is InChI=1S/C14H14FN7OS/c1-14(2,12-16-5-6-24-12)19-13(23)18-11-7-9(3-4-10(11)15)22-8-17-20-21-22/h3-8H,1-2H3,(H2,18,19,23). The summed E-state index contributed by atoms with van der Waals surface area (Å²) in [7, 11) is 0. The fraction of sp³-hybridized carbons (Fsp3) is 0.214. The Morgan fingerprint density at radius 1 is 1.38 bits per heavy atom. The van der Waals surface area contributed by atoms with E-state index in [0.717, 1.165) is 5.01 Å². The molecule has 2 heterocycles. The molecule has 3 aromatic rings. The van der Waals surface area contributed by atoms with Crippen molar-refractivity contribution < 1.29 is 9.18 Å². The van der Waals surface area contributed by atoms with E-state index in [0.29, 0.717) is 5.69 Å². The zero-order valence-corrected chi connectivity index (χ0v) is 13.7. The normalized spacial score (nSPS) is 11.3. The number of tetrazole rings is 1. The van der Waals surface area contributed by atoms with Crippen molar-refractivity contribution >= 4 is 23.1 Å². The second kappa shape index (κ2) is 6.32. The second-order valence-electron chi connectivity index (χ2n) is 5.46. The number of thiazole rings is 1. The van der Waals surface area contributed by atoms with Crippen molar-refractivity contribution in [1.29, 1.82) is 0 Å². The molecule has 3 rings (SSSR count). The Balaban J connectivity index is 1.76. The maximum Gasteiger partial charge on any atom is 0.320 e. The minimum absolute atomic E-state index is 0.0236. The number of benzene rings is 1. The summed E-state index contributed by atoms with van der Waals surface area (Å²) in [5, 5.41) is 18.6. The predicted octanol–water partition coefficient (Wildman–Crippen LogP) is 2.31. The van der Waals surface area contributed by atoms with Crippen LogP contribution in [0.4, 0.5) is 14.9 Å². The lowest BCUT2D eigenvalue weighted by Gasteiger charge is -2.24. The molecule has 0 saturated heterocycles. The largest absolute Gasteiger partial charge is 0.326 e. The molecule has 10 heteroatoms. The molecule has 0 aliphatic rings. The SMILES string of the molecule is CC(C)(NC(=O)Nc1cc(-n2cnnn2)ccc1F)c1nccs1. The summed E-state index contributed by atoms with van der Waals surface area (Å²) in [6, 6.07) is 3.65. The molecule has 1 aromatic carbocycles. The van der Waals surface area contributed by atoms with Gasteiger partial charge in [-0.2, -0.15) is 0 Å². The molecule has 0 saturated carbocycles. The van der Waals surface area contributed by atoms with Gasteiger partial charge in [-0.1, -0.05) is 0 Å². The molecular weight excluding hydrogens is 333 g/mol. The monoisotopic (exact) mass is 347 g/mol. The summed E-state index contributed by atoms with van der Waals surface area (Å²) in [5.41, 5.74) is -0.131. The van der Waals surface area contributed by atoms with Crippen LogP contribution in [-0.4, -0.2) is 31.2 Å².